The number of hydrogen-bond donors (Lipinski definition) is 1. The SMILES string of the molecule is CCN(Cc1ccco1)c1nc(C)cc(C)c1C(=O)O. The quantitative estimate of drug-likeness (QED) is 0.907. The number of rotatable bonds is 5. The standard InChI is InChI=1S/C15H18N2O3/c1-4-17(9-12-6-5-7-20-12)14-13(15(18)19)10(2)8-11(3)16-14/h5-8H,4,9H2,1-3H3,(H,18,19). The van der Waals surface area contributed by atoms with Gasteiger partial charge in [0, 0.05) is 12.2 Å². The minimum absolute atomic E-state index is 0.254. The number of carbonyl (C=O) groups is 1. The number of aryl methyl sites for hydroxylation is 2. The predicted octanol–water partition coefficient (Wildman–Crippen LogP) is 3.02. The van der Waals surface area contributed by atoms with Gasteiger partial charge in [0.05, 0.1) is 12.8 Å². The molecule has 2 aromatic rings. The number of aromatic nitrogens is 1. The molecule has 0 aliphatic heterocycles. The smallest absolute Gasteiger partial charge is 0.339 e. The van der Waals surface area contributed by atoms with Crippen molar-refractivity contribution >= 4 is 11.8 Å². The minimum Gasteiger partial charge on any atom is -0.478 e. The molecule has 2 aromatic heterocycles. The summed E-state index contributed by atoms with van der Waals surface area (Å²) in [5.74, 6) is 0.320. The van der Waals surface area contributed by atoms with Crippen LogP contribution in [0.2, 0.25) is 0 Å². The second-order valence-electron chi connectivity index (χ2n) is 4.68. The molecule has 2 heterocycles. The number of carboxylic acids is 1. The Morgan fingerprint density at radius 3 is 2.75 bits per heavy atom. The summed E-state index contributed by atoms with van der Waals surface area (Å²) >= 11 is 0. The first-order chi connectivity index (χ1) is 9.52. The van der Waals surface area contributed by atoms with Crippen LogP contribution in [0.5, 0.6) is 0 Å². The fourth-order valence-electron chi connectivity index (χ4n) is 2.24. The van der Waals surface area contributed by atoms with E-state index in [0.29, 0.717) is 18.9 Å². The summed E-state index contributed by atoms with van der Waals surface area (Å²) in [5.41, 5.74) is 1.78. The van der Waals surface area contributed by atoms with Gasteiger partial charge in [-0.3, -0.25) is 0 Å². The molecule has 0 aliphatic rings. The molecule has 1 N–H and O–H groups in total. The van der Waals surface area contributed by atoms with Gasteiger partial charge in [0.15, 0.2) is 0 Å². The first kappa shape index (κ1) is 14.1. The van der Waals surface area contributed by atoms with Crippen LogP contribution in [-0.2, 0) is 6.54 Å². The predicted molar refractivity (Wildman–Crippen MR) is 76.1 cm³/mol. The number of furan rings is 1. The molecule has 0 radical (unpaired) electrons. The second-order valence-corrected chi connectivity index (χ2v) is 4.68. The van der Waals surface area contributed by atoms with E-state index in [4.69, 9.17) is 4.42 Å². The van der Waals surface area contributed by atoms with Crippen LogP contribution in [-0.4, -0.2) is 22.6 Å². The molecule has 0 amide bonds. The lowest BCUT2D eigenvalue weighted by molar-refractivity contribution is 0.0696. The van der Waals surface area contributed by atoms with Gasteiger partial charge < -0.3 is 14.4 Å². The third-order valence-electron chi connectivity index (χ3n) is 3.15. The maximum Gasteiger partial charge on any atom is 0.339 e. The third-order valence-corrected chi connectivity index (χ3v) is 3.15. The van der Waals surface area contributed by atoms with Gasteiger partial charge in [-0.25, -0.2) is 9.78 Å². The van der Waals surface area contributed by atoms with E-state index in [0.717, 1.165) is 17.0 Å². The van der Waals surface area contributed by atoms with Gasteiger partial charge in [0.1, 0.15) is 17.1 Å². The van der Waals surface area contributed by atoms with E-state index in [1.165, 1.54) is 0 Å². The summed E-state index contributed by atoms with van der Waals surface area (Å²) in [7, 11) is 0. The molecular formula is C15H18N2O3. The molecule has 20 heavy (non-hydrogen) atoms. The van der Waals surface area contributed by atoms with Crippen LogP contribution in [0.15, 0.2) is 28.9 Å². The molecular weight excluding hydrogens is 256 g/mol. The zero-order chi connectivity index (χ0) is 14.7. The number of nitrogens with zero attached hydrogens (tertiary/aromatic N) is 2. The summed E-state index contributed by atoms with van der Waals surface area (Å²) in [4.78, 5) is 17.8. The molecule has 0 saturated heterocycles. The lowest BCUT2D eigenvalue weighted by Gasteiger charge is -2.23. The van der Waals surface area contributed by atoms with Gasteiger partial charge in [-0.2, -0.15) is 0 Å². The van der Waals surface area contributed by atoms with Crippen molar-refractivity contribution in [1.29, 1.82) is 0 Å². The van der Waals surface area contributed by atoms with Gasteiger partial charge in [0.2, 0.25) is 0 Å². The van der Waals surface area contributed by atoms with Crippen LogP contribution in [0.25, 0.3) is 0 Å². The Kier molecular flexibility index (Phi) is 4.08. The van der Waals surface area contributed by atoms with Gasteiger partial charge in [-0.15, -0.1) is 0 Å². The van der Waals surface area contributed by atoms with Crippen molar-refractivity contribution in [2.75, 3.05) is 11.4 Å². The molecule has 0 saturated carbocycles. The molecule has 106 valence electrons. The highest BCUT2D eigenvalue weighted by Crippen LogP contribution is 2.24. The Labute approximate surface area is 117 Å². The summed E-state index contributed by atoms with van der Waals surface area (Å²) in [5, 5.41) is 9.42. The van der Waals surface area contributed by atoms with Crippen LogP contribution < -0.4 is 4.90 Å². The maximum absolute atomic E-state index is 11.5. The average Bonchev–Trinajstić information content (AvgIpc) is 2.87. The molecule has 0 bridgehead atoms. The largest absolute Gasteiger partial charge is 0.478 e. The van der Waals surface area contributed by atoms with Crippen molar-refractivity contribution in [1.82, 2.24) is 4.98 Å². The van der Waals surface area contributed by atoms with E-state index in [-0.39, 0.29) is 5.56 Å². The van der Waals surface area contributed by atoms with Gasteiger partial charge in [0.25, 0.3) is 0 Å². The lowest BCUT2D eigenvalue weighted by atomic mass is 10.1. The molecule has 2 rings (SSSR count). The van der Waals surface area contributed by atoms with E-state index in [9.17, 15) is 9.90 Å². The number of pyridine rings is 1. The number of anilines is 1. The van der Waals surface area contributed by atoms with Crippen molar-refractivity contribution in [2.24, 2.45) is 0 Å². The highest BCUT2D eigenvalue weighted by molar-refractivity contribution is 5.95. The fourth-order valence-corrected chi connectivity index (χ4v) is 2.24. The fraction of sp³-hybridized carbons (Fsp3) is 0.333. The zero-order valence-electron chi connectivity index (χ0n) is 11.9. The first-order valence-electron chi connectivity index (χ1n) is 6.51. The molecule has 0 aromatic carbocycles. The lowest BCUT2D eigenvalue weighted by Crippen LogP contribution is -2.26. The molecule has 0 unspecified atom stereocenters. The summed E-state index contributed by atoms with van der Waals surface area (Å²) in [6.07, 6.45) is 1.61. The highest BCUT2D eigenvalue weighted by Gasteiger charge is 2.20. The van der Waals surface area contributed by atoms with E-state index in [1.807, 2.05) is 30.9 Å². The average molecular weight is 274 g/mol. The molecule has 0 atom stereocenters. The minimum atomic E-state index is -0.956. The Balaban J connectivity index is 2.45. The van der Waals surface area contributed by atoms with Crippen LogP contribution in [0.1, 0.15) is 34.3 Å². The van der Waals surface area contributed by atoms with Gasteiger partial charge in [-0.05, 0) is 44.5 Å². The number of hydrogen-bond acceptors (Lipinski definition) is 4. The van der Waals surface area contributed by atoms with Crippen LogP contribution >= 0.6 is 0 Å². The topological polar surface area (TPSA) is 66.6 Å². The van der Waals surface area contributed by atoms with Gasteiger partial charge >= 0.3 is 5.97 Å². The summed E-state index contributed by atoms with van der Waals surface area (Å²) < 4.78 is 5.33. The van der Waals surface area contributed by atoms with Crippen molar-refractivity contribution in [3.8, 4) is 0 Å². The van der Waals surface area contributed by atoms with Gasteiger partial charge in [-0.1, -0.05) is 0 Å². The van der Waals surface area contributed by atoms with Crippen LogP contribution in [0.4, 0.5) is 5.82 Å². The zero-order valence-corrected chi connectivity index (χ0v) is 11.9. The highest BCUT2D eigenvalue weighted by atomic mass is 16.4. The Bertz CT molecular complexity index is 606. The third kappa shape index (κ3) is 2.82. The van der Waals surface area contributed by atoms with E-state index in [1.54, 1.807) is 19.3 Å². The monoisotopic (exact) mass is 274 g/mol. The van der Waals surface area contributed by atoms with Crippen molar-refractivity contribution < 1.29 is 14.3 Å². The van der Waals surface area contributed by atoms with Crippen molar-refractivity contribution in [2.45, 2.75) is 27.3 Å². The first-order valence-corrected chi connectivity index (χ1v) is 6.51. The molecule has 5 nitrogen and oxygen atoms in total. The molecule has 0 fully saturated rings. The normalized spacial score (nSPS) is 10.6. The Morgan fingerprint density at radius 1 is 1.45 bits per heavy atom. The van der Waals surface area contributed by atoms with E-state index in [2.05, 4.69) is 4.98 Å². The molecule has 5 heteroatoms. The summed E-state index contributed by atoms with van der Waals surface area (Å²) in [6.45, 7) is 6.77. The van der Waals surface area contributed by atoms with Crippen molar-refractivity contribution in [3.05, 3.63) is 47.0 Å². The molecule has 0 spiro atoms. The Morgan fingerprint density at radius 2 is 2.20 bits per heavy atom. The number of carboxylic acid groups (broad SMARTS) is 1. The summed E-state index contributed by atoms with van der Waals surface area (Å²) in [6, 6.07) is 5.47. The van der Waals surface area contributed by atoms with E-state index >= 15 is 0 Å². The van der Waals surface area contributed by atoms with E-state index < -0.39 is 5.97 Å². The van der Waals surface area contributed by atoms with Crippen LogP contribution in [0.3, 0.4) is 0 Å². The second kappa shape index (κ2) is 5.77. The number of aromatic carboxylic acids is 1. The molecule has 0 aliphatic carbocycles. The van der Waals surface area contributed by atoms with Crippen molar-refractivity contribution in [3.63, 3.8) is 0 Å². The Hall–Kier alpha value is -2.30. The van der Waals surface area contributed by atoms with Crippen LogP contribution in [0, 0.1) is 13.8 Å². The maximum atomic E-state index is 11.5.